The number of carbonyl (C=O) groups excluding carboxylic acids is 1. The highest BCUT2D eigenvalue weighted by atomic mass is 28.4. The number of hydrogen-bond acceptors (Lipinski definition) is 3. The van der Waals surface area contributed by atoms with Crippen molar-refractivity contribution in [2.45, 2.75) is 45.8 Å². The van der Waals surface area contributed by atoms with E-state index in [1.165, 1.54) is 0 Å². The zero-order valence-electron chi connectivity index (χ0n) is 9.55. The summed E-state index contributed by atoms with van der Waals surface area (Å²) in [6.07, 6.45) is 0. The highest BCUT2D eigenvalue weighted by molar-refractivity contribution is 6.73. The fourth-order valence-electron chi connectivity index (χ4n) is 1.12. The Morgan fingerprint density at radius 1 is 1.21 bits per heavy atom. The fourth-order valence-corrected chi connectivity index (χ4v) is 3.23. The quantitative estimate of drug-likeness (QED) is 0.296. The van der Waals surface area contributed by atoms with Crippen molar-refractivity contribution in [3.8, 4) is 0 Å². The van der Waals surface area contributed by atoms with Crippen LogP contribution < -0.4 is 0 Å². The molecular formula is C10H20O3Si. The summed E-state index contributed by atoms with van der Waals surface area (Å²) < 4.78 is 5.33. The van der Waals surface area contributed by atoms with Gasteiger partial charge in [0.15, 0.2) is 0 Å². The van der Waals surface area contributed by atoms with E-state index in [1.807, 2.05) is 0 Å². The van der Waals surface area contributed by atoms with Gasteiger partial charge in [-0.05, 0) is 25.1 Å². The van der Waals surface area contributed by atoms with E-state index in [1.54, 1.807) is 6.92 Å². The van der Waals surface area contributed by atoms with E-state index in [2.05, 4.69) is 27.4 Å². The number of hydrogen-bond donors (Lipinski definition) is 0. The Morgan fingerprint density at radius 3 is 1.93 bits per heavy atom. The molecule has 0 aliphatic carbocycles. The summed E-state index contributed by atoms with van der Waals surface area (Å²) in [6.45, 7) is 11.3. The van der Waals surface area contributed by atoms with E-state index in [0.717, 1.165) is 18.1 Å². The highest BCUT2D eigenvalue weighted by Gasteiger charge is 2.32. The fraction of sp³-hybridized carbons (Fsp3) is 0.700. The van der Waals surface area contributed by atoms with E-state index in [-0.39, 0.29) is 0 Å². The molecule has 0 amide bonds. The van der Waals surface area contributed by atoms with Crippen molar-refractivity contribution in [1.29, 1.82) is 0 Å². The monoisotopic (exact) mass is 216 g/mol. The lowest BCUT2D eigenvalue weighted by atomic mass is 10.4. The van der Waals surface area contributed by atoms with Gasteiger partial charge in [0.25, 0.3) is 8.32 Å². The van der Waals surface area contributed by atoms with Crippen LogP contribution in [0.2, 0.25) is 18.1 Å². The average Bonchev–Trinajstić information content (AvgIpc) is 2.20. The second kappa shape index (κ2) is 5.98. The minimum Gasteiger partial charge on any atom is -0.305 e. The molecular weight excluding hydrogens is 196 g/mol. The Morgan fingerprint density at radius 2 is 1.64 bits per heavy atom. The molecule has 4 heteroatoms. The molecule has 0 spiro atoms. The average molecular weight is 216 g/mol. The van der Waals surface area contributed by atoms with Crippen molar-refractivity contribution >= 4 is 14.3 Å². The Balaban J connectivity index is 4.19. The maximum atomic E-state index is 11.1. The molecule has 82 valence electrons. The van der Waals surface area contributed by atoms with Crippen LogP contribution in [-0.4, -0.2) is 14.3 Å². The third-order valence-corrected chi connectivity index (χ3v) is 6.88. The van der Waals surface area contributed by atoms with E-state index in [0.29, 0.717) is 5.57 Å². The molecule has 0 aliphatic heterocycles. The van der Waals surface area contributed by atoms with Gasteiger partial charge < -0.3 is 4.89 Å². The predicted molar refractivity (Wildman–Crippen MR) is 59.2 cm³/mol. The van der Waals surface area contributed by atoms with Gasteiger partial charge in [-0.15, -0.1) is 0 Å². The lowest BCUT2D eigenvalue weighted by molar-refractivity contribution is -0.215. The molecule has 0 heterocycles. The van der Waals surface area contributed by atoms with Crippen molar-refractivity contribution in [2.24, 2.45) is 0 Å². The van der Waals surface area contributed by atoms with Gasteiger partial charge in [0.05, 0.1) is 0 Å². The molecule has 0 atom stereocenters. The van der Waals surface area contributed by atoms with Crippen LogP contribution in [-0.2, 0) is 14.3 Å². The minimum atomic E-state index is -1.81. The first-order valence-corrected chi connectivity index (χ1v) is 7.59. The van der Waals surface area contributed by atoms with Crippen LogP contribution in [0.3, 0.4) is 0 Å². The summed E-state index contributed by atoms with van der Waals surface area (Å²) in [5.74, 6) is -0.461. The summed E-state index contributed by atoms with van der Waals surface area (Å²) >= 11 is 0. The summed E-state index contributed by atoms with van der Waals surface area (Å²) in [5, 5.41) is 0. The molecule has 0 unspecified atom stereocenters. The summed E-state index contributed by atoms with van der Waals surface area (Å²) in [6, 6.07) is 2.89. The Bertz CT molecular complexity index is 201. The molecule has 0 aromatic carbocycles. The van der Waals surface area contributed by atoms with Gasteiger partial charge >= 0.3 is 5.97 Å². The van der Waals surface area contributed by atoms with Gasteiger partial charge in [0, 0.05) is 5.57 Å². The molecule has 0 aromatic rings. The van der Waals surface area contributed by atoms with Crippen LogP contribution in [0.25, 0.3) is 0 Å². The molecule has 3 nitrogen and oxygen atoms in total. The zero-order chi connectivity index (χ0) is 11.2. The lowest BCUT2D eigenvalue weighted by Crippen LogP contribution is -2.36. The van der Waals surface area contributed by atoms with Crippen LogP contribution in [0.15, 0.2) is 12.2 Å². The number of rotatable bonds is 6. The highest BCUT2D eigenvalue weighted by Crippen LogP contribution is 2.22. The SMILES string of the molecule is C=C(C)C(=O)OO[Si](CC)(CC)CC. The molecule has 0 aromatic heterocycles. The van der Waals surface area contributed by atoms with Crippen LogP contribution in [0.4, 0.5) is 0 Å². The van der Waals surface area contributed by atoms with E-state index in [9.17, 15) is 4.79 Å². The summed E-state index contributed by atoms with van der Waals surface area (Å²) in [4.78, 5) is 15.9. The van der Waals surface area contributed by atoms with E-state index in [4.69, 9.17) is 9.46 Å². The number of carbonyl (C=O) groups is 1. The molecule has 0 N–H and O–H groups in total. The maximum Gasteiger partial charge on any atom is 0.366 e. The van der Waals surface area contributed by atoms with Crippen molar-refractivity contribution in [1.82, 2.24) is 0 Å². The van der Waals surface area contributed by atoms with Crippen LogP contribution >= 0.6 is 0 Å². The normalized spacial score (nSPS) is 11.1. The van der Waals surface area contributed by atoms with E-state index >= 15 is 0 Å². The van der Waals surface area contributed by atoms with Crippen LogP contribution in [0.5, 0.6) is 0 Å². The summed E-state index contributed by atoms with van der Waals surface area (Å²) in [7, 11) is -1.81. The Hall–Kier alpha value is -0.613. The zero-order valence-corrected chi connectivity index (χ0v) is 10.6. The van der Waals surface area contributed by atoms with E-state index < -0.39 is 14.3 Å². The van der Waals surface area contributed by atoms with Gasteiger partial charge in [0.1, 0.15) is 0 Å². The van der Waals surface area contributed by atoms with Gasteiger partial charge in [-0.1, -0.05) is 27.4 Å². The molecule has 0 saturated heterocycles. The molecule has 0 aliphatic rings. The second-order valence-electron chi connectivity index (χ2n) is 3.48. The van der Waals surface area contributed by atoms with Crippen molar-refractivity contribution < 1.29 is 14.3 Å². The largest absolute Gasteiger partial charge is 0.366 e. The van der Waals surface area contributed by atoms with Crippen molar-refractivity contribution in [3.63, 3.8) is 0 Å². The summed E-state index contributed by atoms with van der Waals surface area (Å²) in [5.41, 5.74) is 0.371. The van der Waals surface area contributed by atoms with Crippen LogP contribution in [0.1, 0.15) is 27.7 Å². The molecule has 0 fully saturated rings. The first kappa shape index (κ1) is 13.4. The second-order valence-corrected chi connectivity index (χ2v) is 8.13. The van der Waals surface area contributed by atoms with Crippen molar-refractivity contribution in [2.75, 3.05) is 0 Å². The first-order valence-electron chi connectivity index (χ1n) is 5.06. The molecule has 0 bridgehead atoms. The molecule has 0 rings (SSSR count). The Kier molecular flexibility index (Phi) is 5.72. The van der Waals surface area contributed by atoms with Crippen LogP contribution in [0, 0.1) is 0 Å². The standard InChI is InChI=1S/C10H20O3Si/c1-6-14(7-2,8-3)13-12-10(11)9(4)5/h4,6-8H2,1-3,5H3. The van der Waals surface area contributed by atoms with Gasteiger partial charge in [0.2, 0.25) is 0 Å². The van der Waals surface area contributed by atoms with Gasteiger partial charge in [-0.25, -0.2) is 9.37 Å². The minimum absolute atomic E-state index is 0.371. The predicted octanol–water partition coefficient (Wildman–Crippen LogP) is 3.04. The molecule has 0 saturated carbocycles. The first-order chi connectivity index (χ1) is 6.51. The van der Waals surface area contributed by atoms with Crippen molar-refractivity contribution in [3.05, 3.63) is 12.2 Å². The maximum absolute atomic E-state index is 11.1. The topological polar surface area (TPSA) is 35.5 Å². The lowest BCUT2D eigenvalue weighted by Gasteiger charge is -2.24. The smallest absolute Gasteiger partial charge is 0.305 e. The molecule has 0 radical (unpaired) electrons. The Labute approximate surface area is 87.2 Å². The third kappa shape index (κ3) is 3.63. The third-order valence-electron chi connectivity index (χ3n) is 2.58. The van der Waals surface area contributed by atoms with Gasteiger partial charge in [-0.3, -0.25) is 0 Å². The van der Waals surface area contributed by atoms with Gasteiger partial charge in [-0.2, -0.15) is 0 Å². The molecule has 14 heavy (non-hydrogen) atoms.